The van der Waals surface area contributed by atoms with Gasteiger partial charge in [0.25, 0.3) is 11.8 Å². The van der Waals surface area contributed by atoms with Crippen LogP contribution in [0.3, 0.4) is 0 Å². The Morgan fingerprint density at radius 2 is 2.09 bits per heavy atom. The minimum Gasteiger partial charge on any atom is -0.350 e. The first-order valence-corrected chi connectivity index (χ1v) is 6.95. The van der Waals surface area contributed by atoms with E-state index in [0.717, 1.165) is 12.8 Å². The van der Waals surface area contributed by atoms with Crippen molar-refractivity contribution in [3.63, 3.8) is 0 Å². The van der Waals surface area contributed by atoms with Crippen LogP contribution < -0.4 is 5.32 Å². The average molecular weight is 318 g/mol. The quantitative estimate of drug-likeness (QED) is 0.915. The van der Waals surface area contributed by atoms with Crippen LogP contribution in [0, 0.1) is 16.7 Å². The summed E-state index contributed by atoms with van der Waals surface area (Å²) in [6.07, 6.45) is -1.23. The fourth-order valence-corrected chi connectivity index (χ4v) is 2.04. The van der Waals surface area contributed by atoms with E-state index in [-0.39, 0.29) is 11.7 Å². The van der Waals surface area contributed by atoms with Gasteiger partial charge in [0.2, 0.25) is 5.82 Å². The monoisotopic (exact) mass is 318 g/mol. The van der Waals surface area contributed by atoms with Crippen molar-refractivity contribution in [1.82, 2.24) is 15.5 Å². The number of aromatic nitrogens is 2. The molecule has 0 bridgehead atoms. The first kappa shape index (κ1) is 15.1. The number of alkyl halides is 2. The lowest BCUT2D eigenvalue weighted by atomic mass is 10.1. The summed E-state index contributed by atoms with van der Waals surface area (Å²) >= 11 is 0. The normalized spacial score (nSPS) is 15.2. The van der Waals surface area contributed by atoms with Crippen molar-refractivity contribution in [1.29, 1.82) is 5.26 Å². The minimum atomic E-state index is -2.82. The van der Waals surface area contributed by atoms with Crippen molar-refractivity contribution >= 4 is 5.91 Å². The summed E-state index contributed by atoms with van der Waals surface area (Å²) in [5, 5.41) is 15.2. The molecule has 1 aromatic carbocycles. The lowest BCUT2D eigenvalue weighted by Crippen LogP contribution is -2.29. The third-order valence-electron chi connectivity index (χ3n) is 3.71. The van der Waals surface area contributed by atoms with Crippen LogP contribution in [0.1, 0.15) is 35.5 Å². The van der Waals surface area contributed by atoms with Crippen LogP contribution in [0.5, 0.6) is 0 Å². The van der Waals surface area contributed by atoms with Crippen molar-refractivity contribution in [2.75, 3.05) is 6.54 Å². The van der Waals surface area contributed by atoms with Gasteiger partial charge in [0.15, 0.2) is 0 Å². The number of amides is 1. The Hall–Kier alpha value is -2.82. The molecule has 8 heteroatoms. The largest absolute Gasteiger partial charge is 0.350 e. The van der Waals surface area contributed by atoms with E-state index in [1.165, 1.54) is 12.1 Å². The van der Waals surface area contributed by atoms with Crippen LogP contribution in [0.15, 0.2) is 28.8 Å². The second-order valence-electron chi connectivity index (χ2n) is 5.41. The standard InChI is InChI=1S/C15H12F2N4O2/c16-11(17)14-20-12(21-23-14)9-1-3-10(4-2-9)13(22)19-8-15(7-18)5-6-15/h1-4,11H,5-6,8H2,(H,19,22). The molecule has 0 aliphatic heterocycles. The van der Waals surface area contributed by atoms with Crippen LogP contribution in [-0.2, 0) is 0 Å². The first-order valence-electron chi connectivity index (χ1n) is 6.95. The molecule has 2 aromatic rings. The van der Waals surface area contributed by atoms with E-state index in [1.807, 2.05) is 0 Å². The number of benzene rings is 1. The second-order valence-corrected chi connectivity index (χ2v) is 5.41. The third kappa shape index (κ3) is 3.18. The van der Waals surface area contributed by atoms with Gasteiger partial charge in [-0.1, -0.05) is 17.3 Å². The van der Waals surface area contributed by atoms with Gasteiger partial charge in [-0.3, -0.25) is 4.79 Å². The molecular weight excluding hydrogens is 306 g/mol. The maximum Gasteiger partial charge on any atom is 0.315 e. The summed E-state index contributed by atoms with van der Waals surface area (Å²) in [6, 6.07) is 8.37. The van der Waals surface area contributed by atoms with Crippen molar-refractivity contribution in [2.45, 2.75) is 19.3 Å². The van der Waals surface area contributed by atoms with Crippen molar-refractivity contribution in [3.05, 3.63) is 35.7 Å². The molecule has 6 nitrogen and oxygen atoms in total. The van der Waals surface area contributed by atoms with Gasteiger partial charge in [0.05, 0.1) is 11.5 Å². The number of halogens is 2. The molecule has 0 radical (unpaired) electrons. The lowest BCUT2D eigenvalue weighted by Gasteiger charge is -2.08. The van der Waals surface area contributed by atoms with E-state index in [0.29, 0.717) is 17.7 Å². The molecule has 0 spiro atoms. The second kappa shape index (κ2) is 5.76. The molecule has 1 N–H and O–H groups in total. The number of hydrogen-bond donors (Lipinski definition) is 1. The zero-order valence-electron chi connectivity index (χ0n) is 11.9. The SMILES string of the molecule is N#CC1(CNC(=O)c2ccc(-c3noc(C(F)F)n3)cc2)CC1. The predicted molar refractivity (Wildman–Crippen MR) is 74.3 cm³/mol. The summed E-state index contributed by atoms with van der Waals surface area (Å²) in [5.41, 5.74) is 0.458. The summed E-state index contributed by atoms with van der Waals surface area (Å²) in [6.45, 7) is 0.326. The molecular formula is C15H12F2N4O2. The van der Waals surface area contributed by atoms with Crippen LogP contribution in [0.4, 0.5) is 8.78 Å². The fraction of sp³-hybridized carbons (Fsp3) is 0.333. The van der Waals surface area contributed by atoms with Gasteiger partial charge >= 0.3 is 6.43 Å². The highest BCUT2D eigenvalue weighted by Gasteiger charge is 2.43. The zero-order chi connectivity index (χ0) is 16.4. The molecule has 3 rings (SSSR count). The molecule has 1 aromatic heterocycles. The van der Waals surface area contributed by atoms with Crippen molar-refractivity contribution < 1.29 is 18.1 Å². The van der Waals surface area contributed by atoms with Gasteiger partial charge in [-0.15, -0.1) is 0 Å². The molecule has 1 amide bonds. The van der Waals surface area contributed by atoms with Gasteiger partial charge in [-0.05, 0) is 25.0 Å². The molecule has 1 fully saturated rings. The van der Waals surface area contributed by atoms with E-state index in [1.54, 1.807) is 12.1 Å². The number of hydrogen-bond acceptors (Lipinski definition) is 5. The van der Waals surface area contributed by atoms with Gasteiger partial charge in [0, 0.05) is 17.7 Å². The number of nitrogens with one attached hydrogen (secondary N) is 1. The Bertz CT molecular complexity index is 761. The van der Waals surface area contributed by atoms with Gasteiger partial charge in [-0.25, -0.2) is 0 Å². The highest BCUT2D eigenvalue weighted by atomic mass is 19.3. The van der Waals surface area contributed by atoms with Gasteiger partial charge < -0.3 is 9.84 Å². The number of rotatable bonds is 5. The highest BCUT2D eigenvalue weighted by molar-refractivity contribution is 5.94. The number of nitriles is 1. The van der Waals surface area contributed by atoms with E-state index < -0.39 is 17.7 Å². The van der Waals surface area contributed by atoms with Gasteiger partial charge in [-0.2, -0.15) is 19.0 Å². The summed E-state index contributed by atoms with van der Waals surface area (Å²) in [7, 11) is 0. The maximum atomic E-state index is 12.4. The molecule has 0 saturated heterocycles. The maximum absolute atomic E-state index is 12.4. The first-order chi connectivity index (χ1) is 11.0. The molecule has 23 heavy (non-hydrogen) atoms. The Kier molecular flexibility index (Phi) is 3.78. The lowest BCUT2D eigenvalue weighted by molar-refractivity contribution is 0.0948. The molecule has 1 aliphatic carbocycles. The highest BCUT2D eigenvalue weighted by Crippen LogP contribution is 2.44. The van der Waals surface area contributed by atoms with Crippen LogP contribution in [0.25, 0.3) is 11.4 Å². The molecule has 1 heterocycles. The minimum absolute atomic E-state index is 0.0358. The Morgan fingerprint density at radius 1 is 1.39 bits per heavy atom. The predicted octanol–water partition coefficient (Wildman–Crippen LogP) is 2.71. The van der Waals surface area contributed by atoms with E-state index in [2.05, 4.69) is 26.0 Å². The van der Waals surface area contributed by atoms with Gasteiger partial charge in [0.1, 0.15) is 0 Å². The van der Waals surface area contributed by atoms with Crippen LogP contribution in [0.2, 0.25) is 0 Å². The fourth-order valence-electron chi connectivity index (χ4n) is 2.04. The third-order valence-corrected chi connectivity index (χ3v) is 3.71. The molecule has 1 saturated carbocycles. The molecule has 0 atom stereocenters. The van der Waals surface area contributed by atoms with Crippen LogP contribution in [-0.4, -0.2) is 22.6 Å². The van der Waals surface area contributed by atoms with E-state index in [9.17, 15) is 13.6 Å². The molecule has 0 unspecified atom stereocenters. The van der Waals surface area contributed by atoms with Crippen molar-refractivity contribution in [3.8, 4) is 17.5 Å². The van der Waals surface area contributed by atoms with E-state index in [4.69, 9.17) is 5.26 Å². The van der Waals surface area contributed by atoms with E-state index >= 15 is 0 Å². The average Bonchev–Trinajstić information content (AvgIpc) is 3.18. The summed E-state index contributed by atoms with van der Waals surface area (Å²) in [4.78, 5) is 15.6. The number of nitrogens with zero attached hydrogens (tertiary/aromatic N) is 3. The summed E-state index contributed by atoms with van der Waals surface area (Å²) < 4.78 is 29.3. The zero-order valence-corrected chi connectivity index (χ0v) is 11.9. The van der Waals surface area contributed by atoms with Crippen molar-refractivity contribution in [2.24, 2.45) is 5.41 Å². The molecule has 118 valence electrons. The smallest absolute Gasteiger partial charge is 0.315 e. The Labute approximate surface area is 130 Å². The Balaban J connectivity index is 1.66. The molecule has 1 aliphatic rings. The number of carbonyl (C=O) groups excluding carboxylic acids is 1. The Morgan fingerprint density at radius 3 is 2.61 bits per heavy atom. The van der Waals surface area contributed by atoms with Crippen LogP contribution >= 0.6 is 0 Å². The summed E-state index contributed by atoms with van der Waals surface area (Å²) in [5.74, 6) is -0.999. The number of carbonyl (C=O) groups is 1. The topological polar surface area (TPSA) is 91.8 Å².